The standard InChI is InChI=1S/C17H30N2S/c1-12(2)11-17(8-6-7-9-17)15(18-5)10-16-19-13(3)14(4)20-16/h12,15,18H,6-11H2,1-5H3. The Hall–Kier alpha value is -0.410. The molecule has 114 valence electrons. The fourth-order valence-corrected chi connectivity index (χ4v) is 4.99. The summed E-state index contributed by atoms with van der Waals surface area (Å²) in [5.41, 5.74) is 1.71. The summed E-state index contributed by atoms with van der Waals surface area (Å²) in [6.45, 7) is 9.04. The monoisotopic (exact) mass is 294 g/mol. The van der Waals surface area contributed by atoms with Crippen LogP contribution in [0.25, 0.3) is 0 Å². The van der Waals surface area contributed by atoms with Gasteiger partial charge in [0.25, 0.3) is 0 Å². The average Bonchev–Trinajstić information content (AvgIpc) is 2.94. The third-order valence-corrected chi connectivity index (χ3v) is 6.05. The third-order valence-electron chi connectivity index (χ3n) is 4.95. The molecule has 1 heterocycles. The van der Waals surface area contributed by atoms with Gasteiger partial charge in [-0.25, -0.2) is 4.98 Å². The van der Waals surface area contributed by atoms with Crippen molar-refractivity contribution in [3.05, 3.63) is 15.6 Å². The molecule has 1 N–H and O–H groups in total. The van der Waals surface area contributed by atoms with E-state index in [0.29, 0.717) is 11.5 Å². The Morgan fingerprint density at radius 1 is 1.25 bits per heavy atom. The topological polar surface area (TPSA) is 24.9 Å². The molecule has 1 aliphatic carbocycles. The van der Waals surface area contributed by atoms with E-state index >= 15 is 0 Å². The summed E-state index contributed by atoms with van der Waals surface area (Å²) >= 11 is 1.88. The zero-order valence-corrected chi connectivity index (χ0v) is 14.6. The van der Waals surface area contributed by atoms with Gasteiger partial charge >= 0.3 is 0 Å². The number of aromatic nitrogens is 1. The van der Waals surface area contributed by atoms with Gasteiger partial charge in [0.05, 0.1) is 10.7 Å². The van der Waals surface area contributed by atoms with E-state index in [1.165, 1.54) is 47.7 Å². The zero-order valence-electron chi connectivity index (χ0n) is 13.8. The lowest BCUT2D eigenvalue weighted by molar-refractivity contribution is 0.160. The molecule has 1 saturated carbocycles. The van der Waals surface area contributed by atoms with Crippen molar-refractivity contribution in [1.29, 1.82) is 0 Å². The summed E-state index contributed by atoms with van der Waals surface area (Å²) in [5, 5.41) is 4.95. The van der Waals surface area contributed by atoms with Gasteiger partial charge in [-0.1, -0.05) is 26.7 Å². The molecule has 2 rings (SSSR count). The van der Waals surface area contributed by atoms with Crippen molar-refractivity contribution in [3.8, 4) is 0 Å². The van der Waals surface area contributed by atoms with E-state index in [-0.39, 0.29) is 0 Å². The smallest absolute Gasteiger partial charge is 0.0946 e. The normalized spacial score (nSPS) is 19.7. The highest BCUT2D eigenvalue weighted by atomic mass is 32.1. The Morgan fingerprint density at radius 3 is 2.35 bits per heavy atom. The number of hydrogen-bond acceptors (Lipinski definition) is 3. The summed E-state index contributed by atoms with van der Waals surface area (Å²) in [5.74, 6) is 0.781. The minimum Gasteiger partial charge on any atom is -0.316 e. The number of hydrogen-bond donors (Lipinski definition) is 1. The van der Waals surface area contributed by atoms with Crippen LogP contribution in [0, 0.1) is 25.2 Å². The van der Waals surface area contributed by atoms with E-state index in [0.717, 1.165) is 12.3 Å². The maximum atomic E-state index is 4.76. The molecule has 1 fully saturated rings. The summed E-state index contributed by atoms with van der Waals surface area (Å²) < 4.78 is 0. The number of rotatable bonds is 6. The van der Waals surface area contributed by atoms with E-state index in [4.69, 9.17) is 4.98 Å². The summed E-state index contributed by atoms with van der Waals surface area (Å²) in [7, 11) is 2.14. The first-order valence-electron chi connectivity index (χ1n) is 8.07. The number of nitrogens with zero attached hydrogens (tertiary/aromatic N) is 1. The lowest BCUT2D eigenvalue weighted by atomic mass is 9.71. The molecule has 0 aliphatic heterocycles. The van der Waals surface area contributed by atoms with E-state index < -0.39 is 0 Å². The molecule has 1 aromatic heterocycles. The summed E-state index contributed by atoms with van der Waals surface area (Å²) in [6.07, 6.45) is 8.03. The predicted octanol–water partition coefficient (Wildman–Crippen LogP) is 4.50. The van der Waals surface area contributed by atoms with Crippen LogP contribution in [0.4, 0.5) is 0 Å². The Kier molecular flexibility index (Phi) is 5.25. The lowest BCUT2D eigenvalue weighted by Gasteiger charge is -2.39. The van der Waals surface area contributed by atoms with Crippen molar-refractivity contribution in [1.82, 2.24) is 10.3 Å². The van der Waals surface area contributed by atoms with Crippen molar-refractivity contribution in [2.75, 3.05) is 7.05 Å². The number of nitrogens with one attached hydrogen (secondary N) is 1. The first kappa shape index (κ1) is 16.0. The second kappa shape index (κ2) is 6.57. The summed E-state index contributed by atoms with van der Waals surface area (Å²) in [4.78, 5) is 6.13. The van der Waals surface area contributed by atoms with Gasteiger partial charge in [0.1, 0.15) is 0 Å². The maximum Gasteiger partial charge on any atom is 0.0946 e. The van der Waals surface area contributed by atoms with Gasteiger partial charge in [-0.2, -0.15) is 0 Å². The van der Waals surface area contributed by atoms with Gasteiger partial charge in [-0.15, -0.1) is 11.3 Å². The Bertz CT molecular complexity index is 411. The molecule has 0 amide bonds. The largest absolute Gasteiger partial charge is 0.316 e. The lowest BCUT2D eigenvalue weighted by Crippen LogP contribution is -2.44. The van der Waals surface area contributed by atoms with Crippen molar-refractivity contribution < 1.29 is 0 Å². The van der Waals surface area contributed by atoms with Crippen molar-refractivity contribution in [2.24, 2.45) is 11.3 Å². The van der Waals surface area contributed by atoms with Gasteiger partial charge in [0.2, 0.25) is 0 Å². The van der Waals surface area contributed by atoms with Crippen LogP contribution in [0.1, 0.15) is 61.5 Å². The number of likely N-dealkylation sites (N-methyl/N-ethyl adjacent to an activating group) is 1. The SMILES string of the molecule is CNC(Cc1nc(C)c(C)s1)C1(CC(C)C)CCCC1. The molecule has 0 radical (unpaired) electrons. The molecule has 1 aromatic rings. The van der Waals surface area contributed by atoms with Crippen LogP contribution < -0.4 is 5.32 Å². The molecule has 0 bridgehead atoms. The Balaban J connectivity index is 2.16. The van der Waals surface area contributed by atoms with Crippen LogP contribution in [0.5, 0.6) is 0 Å². The fourth-order valence-electron chi connectivity index (χ4n) is 4.01. The van der Waals surface area contributed by atoms with Gasteiger partial charge in [-0.3, -0.25) is 0 Å². The molecular formula is C17H30N2S. The van der Waals surface area contributed by atoms with Crippen molar-refractivity contribution in [2.45, 2.75) is 72.3 Å². The van der Waals surface area contributed by atoms with Crippen LogP contribution in [0.2, 0.25) is 0 Å². The molecule has 0 aromatic carbocycles. The minimum atomic E-state index is 0.496. The number of thiazole rings is 1. The van der Waals surface area contributed by atoms with Crippen LogP contribution >= 0.6 is 11.3 Å². The molecule has 0 saturated heterocycles. The quantitative estimate of drug-likeness (QED) is 0.835. The van der Waals surface area contributed by atoms with Gasteiger partial charge in [0, 0.05) is 17.3 Å². The molecular weight excluding hydrogens is 264 g/mol. The summed E-state index contributed by atoms with van der Waals surface area (Å²) in [6, 6.07) is 0.581. The van der Waals surface area contributed by atoms with E-state index in [9.17, 15) is 0 Å². The predicted molar refractivity (Wildman–Crippen MR) is 88.5 cm³/mol. The maximum absolute atomic E-state index is 4.76. The average molecular weight is 295 g/mol. The second-order valence-corrected chi connectivity index (χ2v) is 8.25. The number of aryl methyl sites for hydroxylation is 2. The van der Waals surface area contributed by atoms with Crippen LogP contribution in [-0.2, 0) is 6.42 Å². The van der Waals surface area contributed by atoms with Crippen LogP contribution in [0.3, 0.4) is 0 Å². The molecule has 20 heavy (non-hydrogen) atoms. The molecule has 1 aliphatic rings. The highest BCUT2D eigenvalue weighted by Crippen LogP contribution is 2.46. The first-order chi connectivity index (χ1) is 9.47. The molecule has 1 atom stereocenters. The highest BCUT2D eigenvalue weighted by Gasteiger charge is 2.41. The molecule has 0 spiro atoms. The van der Waals surface area contributed by atoms with E-state index in [1.54, 1.807) is 0 Å². The molecule has 1 unspecified atom stereocenters. The molecule has 3 heteroatoms. The minimum absolute atomic E-state index is 0.496. The van der Waals surface area contributed by atoms with E-state index in [1.807, 2.05) is 11.3 Å². The Labute approximate surface area is 128 Å². The van der Waals surface area contributed by atoms with Crippen molar-refractivity contribution in [3.63, 3.8) is 0 Å². The van der Waals surface area contributed by atoms with Crippen LogP contribution in [0.15, 0.2) is 0 Å². The fraction of sp³-hybridized carbons (Fsp3) is 0.824. The zero-order chi connectivity index (χ0) is 14.8. The van der Waals surface area contributed by atoms with Gasteiger partial charge < -0.3 is 5.32 Å². The van der Waals surface area contributed by atoms with E-state index in [2.05, 4.69) is 40.1 Å². The highest BCUT2D eigenvalue weighted by molar-refractivity contribution is 7.11. The third kappa shape index (κ3) is 3.43. The van der Waals surface area contributed by atoms with Crippen LogP contribution in [-0.4, -0.2) is 18.1 Å². The Morgan fingerprint density at radius 2 is 1.90 bits per heavy atom. The van der Waals surface area contributed by atoms with Crippen molar-refractivity contribution >= 4 is 11.3 Å². The first-order valence-corrected chi connectivity index (χ1v) is 8.88. The molecule has 2 nitrogen and oxygen atoms in total. The second-order valence-electron chi connectivity index (χ2n) is 6.96. The van der Waals surface area contributed by atoms with Gasteiger partial charge in [0.15, 0.2) is 0 Å². The van der Waals surface area contributed by atoms with Gasteiger partial charge in [-0.05, 0) is 51.5 Å².